The van der Waals surface area contributed by atoms with Gasteiger partial charge >= 0.3 is 0 Å². The van der Waals surface area contributed by atoms with E-state index in [4.69, 9.17) is 0 Å². The van der Waals surface area contributed by atoms with Crippen LogP contribution in [0.3, 0.4) is 0 Å². The molecular formula is C22H15F3N2O. The molecule has 0 radical (unpaired) electrons. The number of hydrogen-bond acceptors (Lipinski definition) is 2. The number of benzene rings is 3. The number of anilines is 2. The molecule has 0 aliphatic carbocycles. The molecular weight excluding hydrogens is 365 g/mol. The Labute approximate surface area is 159 Å². The lowest BCUT2D eigenvalue weighted by atomic mass is 10.1. The van der Waals surface area contributed by atoms with Crippen LogP contribution >= 0.6 is 0 Å². The van der Waals surface area contributed by atoms with E-state index in [1.807, 2.05) is 0 Å². The molecule has 0 saturated heterocycles. The summed E-state index contributed by atoms with van der Waals surface area (Å²) in [6.45, 7) is 0. The van der Waals surface area contributed by atoms with Crippen molar-refractivity contribution in [3.63, 3.8) is 0 Å². The second-order valence-electron chi connectivity index (χ2n) is 6.33. The van der Waals surface area contributed by atoms with Gasteiger partial charge in [0.05, 0.1) is 6.04 Å². The molecule has 0 spiro atoms. The summed E-state index contributed by atoms with van der Waals surface area (Å²) in [7, 11) is 0. The van der Waals surface area contributed by atoms with Crippen molar-refractivity contribution in [1.82, 2.24) is 0 Å². The van der Waals surface area contributed by atoms with E-state index >= 15 is 0 Å². The number of amides is 1. The highest BCUT2D eigenvalue weighted by molar-refractivity contribution is 6.11. The maximum atomic E-state index is 14.4. The first kappa shape index (κ1) is 17.9. The van der Waals surface area contributed by atoms with Gasteiger partial charge in [0.25, 0.3) is 5.91 Å². The monoisotopic (exact) mass is 380 g/mol. The molecule has 3 aromatic rings. The molecule has 0 unspecified atom stereocenters. The summed E-state index contributed by atoms with van der Waals surface area (Å²) in [6.07, 6.45) is 1.60. The number of carbonyl (C=O) groups excluding carboxylic acids is 1. The molecule has 3 aromatic carbocycles. The highest BCUT2D eigenvalue weighted by Crippen LogP contribution is 2.37. The Morgan fingerprint density at radius 2 is 1.39 bits per heavy atom. The first-order valence-electron chi connectivity index (χ1n) is 8.61. The molecule has 0 fully saturated rings. The summed E-state index contributed by atoms with van der Waals surface area (Å²) in [5.74, 6) is -1.68. The van der Waals surface area contributed by atoms with Gasteiger partial charge in [-0.25, -0.2) is 13.2 Å². The van der Waals surface area contributed by atoms with Crippen molar-refractivity contribution in [3.05, 3.63) is 108 Å². The number of nitrogens with one attached hydrogen (secondary N) is 1. The van der Waals surface area contributed by atoms with E-state index in [-0.39, 0.29) is 5.70 Å². The van der Waals surface area contributed by atoms with Crippen LogP contribution in [0.5, 0.6) is 0 Å². The van der Waals surface area contributed by atoms with Crippen molar-refractivity contribution in [2.24, 2.45) is 0 Å². The molecule has 4 rings (SSSR count). The van der Waals surface area contributed by atoms with E-state index in [1.165, 1.54) is 59.5 Å². The van der Waals surface area contributed by atoms with Crippen molar-refractivity contribution in [2.45, 2.75) is 6.04 Å². The van der Waals surface area contributed by atoms with Crippen LogP contribution in [0.15, 0.2) is 84.6 Å². The van der Waals surface area contributed by atoms with Crippen LogP contribution in [0.25, 0.3) is 0 Å². The van der Waals surface area contributed by atoms with Gasteiger partial charge in [-0.2, -0.15) is 0 Å². The van der Waals surface area contributed by atoms with Crippen molar-refractivity contribution in [2.75, 3.05) is 10.2 Å². The smallest absolute Gasteiger partial charge is 0.275 e. The fourth-order valence-corrected chi connectivity index (χ4v) is 3.17. The molecule has 1 N–H and O–H groups in total. The molecule has 0 saturated carbocycles. The van der Waals surface area contributed by atoms with Crippen LogP contribution < -0.4 is 10.2 Å². The third-order valence-corrected chi connectivity index (χ3v) is 4.50. The first-order chi connectivity index (χ1) is 13.5. The largest absolute Gasteiger partial charge is 0.351 e. The van der Waals surface area contributed by atoms with Gasteiger partial charge in [0.15, 0.2) is 0 Å². The molecule has 1 aliphatic heterocycles. The molecule has 1 atom stereocenters. The van der Waals surface area contributed by atoms with E-state index in [1.54, 1.807) is 24.3 Å². The Hall–Kier alpha value is -3.54. The van der Waals surface area contributed by atoms with Gasteiger partial charge in [0.2, 0.25) is 0 Å². The summed E-state index contributed by atoms with van der Waals surface area (Å²) < 4.78 is 40.9. The van der Waals surface area contributed by atoms with Crippen LogP contribution in [0.4, 0.5) is 24.5 Å². The highest BCUT2D eigenvalue weighted by atomic mass is 19.1. The van der Waals surface area contributed by atoms with Gasteiger partial charge in [-0.3, -0.25) is 9.69 Å². The zero-order chi connectivity index (χ0) is 19.7. The number of hydrogen-bond donors (Lipinski definition) is 1. The quantitative estimate of drug-likeness (QED) is 0.676. The molecule has 1 aliphatic rings. The number of nitrogens with zero attached hydrogens (tertiary/aromatic N) is 1. The van der Waals surface area contributed by atoms with Crippen molar-refractivity contribution in [1.29, 1.82) is 0 Å². The summed E-state index contributed by atoms with van der Waals surface area (Å²) >= 11 is 0. The zero-order valence-electron chi connectivity index (χ0n) is 14.6. The molecule has 0 aromatic heterocycles. The highest BCUT2D eigenvalue weighted by Gasteiger charge is 2.36. The van der Waals surface area contributed by atoms with Crippen LogP contribution in [-0.2, 0) is 4.79 Å². The van der Waals surface area contributed by atoms with E-state index in [0.717, 1.165) is 0 Å². The third kappa shape index (κ3) is 3.36. The van der Waals surface area contributed by atoms with E-state index in [9.17, 15) is 18.0 Å². The third-order valence-electron chi connectivity index (χ3n) is 4.50. The van der Waals surface area contributed by atoms with Gasteiger partial charge in [-0.1, -0.05) is 18.2 Å². The normalized spacial score (nSPS) is 16.2. The van der Waals surface area contributed by atoms with E-state index < -0.39 is 29.4 Å². The number of carbonyl (C=O) groups is 1. The number of halogens is 3. The summed E-state index contributed by atoms with van der Waals surface area (Å²) in [6, 6.07) is 16.4. The Balaban J connectivity index is 1.74. The van der Waals surface area contributed by atoms with Crippen LogP contribution in [-0.4, -0.2) is 5.91 Å². The Morgan fingerprint density at radius 3 is 2.04 bits per heavy atom. The van der Waals surface area contributed by atoms with Gasteiger partial charge in [-0.15, -0.1) is 0 Å². The fraction of sp³-hybridized carbons (Fsp3) is 0.0455. The van der Waals surface area contributed by atoms with Crippen LogP contribution in [0.2, 0.25) is 0 Å². The Bertz CT molecular complexity index is 1050. The maximum Gasteiger partial charge on any atom is 0.275 e. The van der Waals surface area contributed by atoms with Gasteiger partial charge in [-0.05, 0) is 60.7 Å². The first-order valence-corrected chi connectivity index (χ1v) is 8.61. The van der Waals surface area contributed by atoms with Crippen molar-refractivity contribution >= 4 is 17.3 Å². The van der Waals surface area contributed by atoms with Gasteiger partial charge < -0.3 is 5.32 Å². The molecule has 6 heteroatoms. The topological polar surface area (TPSA) is 32.3 Å². The minimum atomic E-state index is -0.706. The van der Waals surface area contributed by atoms with Gasteiger partial charge in [0.1, 0.15) is 23.1 Å². The minimum absolute atomic E-state index is 0.226. The minimum Gasteiger partial charge on any atom is -0.351 e. The second kappa shape index (κ2) is 7.23. The summed E-state index contributed by atoms with van der Waals surface area (Å²) in [5, 5.41) is 2.95. The lowest BCUT2D eigenvalue weighted by Gasteiger charge is -2.25. The van der Waals surface area contributed by atoms with E-state index in [2.05, 4.69) is 5.32 Å². The summed E-state index contributed by atoms with van der Waals surface area (Å²) in [5.41, 5.74) is 1.50. The zero-order valence-corrected chi connectivity index (χ0v) is 14.6. The average molecular weight is 380 g/mol. The van der Waals surface area contributed by atoms with Crippen LogP contribution in [0.1, 0.15) is 11.6 Å². The Kier molecular flexibility index (Phi) is 4.61. The van der Waals surface area contributed by atoms with Crippen molar-refractivity contribution in [3.8, 4) is 0 Å². The van der Waals surface area contributed by atoms with Crippen molar-refractivity contribution < 1.29 is 18.0 Å². The van der Waals surface area contributed by atoms with Gasteiger partial charge in [0, 0.05) is 16.9 Å². The lowest BCUT2D eigenvalue weighted by Crippen LogP contribution is -2.31. The average Bonchev–Trinajstić information content (AvgIpc) is 3.01. The van der Waals surface area contributed by atoms with Crippen LogP contribution in [0, 0.1) is 17.5 Å². The number of rotatable bonds is 4. The molecule has 3 nitrogen and oxygen atoms in total. The molecule has 28 heavy (non-hydrogen) atoms. The summed E-state index contributed by atoms with van der Waals surface area (Å²) in [4.78, 5) is 14.5. The standard InChI is InChI=1S/C22H15F3N2O/c23-14-5-9-16(10-6-14)26-20-13-21(18-3-1-2-4-19(18)25)27(22(20)28)17-11-7-15(24)8-12-17/h1-13,21,26H/t21-/m0/s1. The molecule has 140 valence electrons. The van der Waals surface area contributed by atoms with E-state index in [0.29, 0.717) is 16.9 Å². The second-order valence-corrected chi connectivity index (χ2v) is 6.33. The molecule has 1 amide bonds. The molecule has 0 bridgehead atoms. The maximum absolute atomic E-state index is 14.4. The predicted molar refractivity (Wildman–Crippen MR) is 101 cm³/mol. The SMILES string of the molecule is O=C1C(Nc2ccc(F)cc2)=C[C@@H](c2ccccc2F)N1c1ccc(F)cc1. The Morgan fingerprint density at radius 1 is 0.786 bits per heavy atom. The fourth-order valence-electron chi connectivity index (χ4n) is 3.17. The lowest BCUT2D eigenvalue weighted by molar-refractivity contribution is -0.114. The molecule has 1 heterocycles. The predicted octanol–water partition coefficient (Wildman–Crippen LogP) is 5.19.